The van der Waals surface area contributed by atoms with Gasteiger partial charge in [0.25, 0.3) is 0 Å². The number of ketones is 2. The van der Waals surface area contributed by atoms with Crippen LogP contribution in [-0.2, 0) is 56.2 Å². The Morgan fingerprint density at radius 1 is 0.260 bits per heavy atom. The van der Waals surface area contributed by atoms with Gasteiger partial charge in [-0.15, -0.1) is 0 Å². The van der Waals surface area contributed by atoms with Gasteiger partial charge in [0.2, 0.25) is 11.6 Å². The zero-order valence-electron chi connectivity index (χ0n) is 91.8. The maximum absolute atomic E-state index is 12.0. The predicted octanol–water partition coefficient (Wildman–Crippen LogP) is 30.5. The first-order valence-corrected chi connectivity index (χ1v) is 52.1. The molecule has 796 valence electrons. The van der Waals surface area contributed by atoms with Gasteiger partial charge in [-0.1, -0.05) is 346 Å². The molecule has 1 fully saturated rings. The predicted molar refractivity (Wildman–Crippen MR) is 607 cm³/mol. The number of carbonyl (C=O) groups excluding carboxylic acids is 2. The van der Waals surface area contributed by atoms with E-state index in [1.807, 2.05) is 164 Å². The fourth-order valence-corrected chi connectivity index (χ4v) is 15.7. The lowest BCUT2D eigenvalue weighted by Crippen LogP contribution is -2.18. The van der Waals surface area contributed by atoms with Gasteiger partial charge in [-0.25, -0.2) is 0 Å². The minimum absolute atomic E-state index is 0.00724. The molecular formula is C132H160O18. The molecule has 0 saturated heterocycles. The Morgan fingerprint density at radius 3 is 0.753 bits per heavy atom. The van der Waals surface area contributed by atoms with Crippen LogP contribution in [0.5, 0.6) is 80.5 Å². The van der Waals surface area contributed by atoms with E-state index in [9.17, 15) is 55.5 Å². The van der Waals surface area contributed by atoms with Crippen molar-refractivity contribution in [1.29, 1.82) is 0 Å². The Balaban J connectivity index is 0.000000194. The molecule has 14 aromatic carbocycles. The summed E-state index contributed by atoms with van der Waals surface area (Å²) in [6.07, 6.45) is 6.20. The van der Waals surface area contributed by atoms with Crippen LogP contribution in [0.2, 0.25) is 0 Å². The highest BCUT2D eigenvalue weighted by Crippen LogP contribution is 2.51. The van der Waals surface area contributed by atoms with Gasteiger partial charge in [-0.05, 0) is 266 Å². The smallest absolute Gasteiger partial charge is 0.203 e. The van der Waals surface area contributed by atoms with Crippen molar-refractivity contribution in [3.05, 3.63) is 418 Å². The van der Waals surface area contributed by atoms with Gasteiger partial charge in [-0.2, -0.15) is 0 Å². The number of phenols is 7. The minimum atomic E-state index is -0.854. The molecule has 0 spiro atoms. The molecule has 18 heteroatoms. The molecule has 1 saturated carbocycles. The molecule has 150 heavy (non-hydrogen) atoms. The summed E-state index contributed by atoms with van der Waals surface area (Å²) in [7, 11) is 0. The van der Waals surface area contributed by atoms with Crippen LogP contribution in [-0.4, -0.2) is 104 Å². The minimum Gasteiger partial charge on any atom is -0.508 e. The summed E-state index contributed by atoms with van der Waals surface area (Å²) in [4.78, 5) is 24.0. The molecule has 1 aliphatic rings. The van der Waals surface area contributed by atoms with E-state index in [0.717, 1.165) is 72.5 Å². The maximum atomic E-state index is 12.0. The van der Waals surface area contributed by atoms with Crippen molar-refractivity contribution < 1.29 is 88.7 Å². The molecular weight excluding hydrogens is 1870 g/mol. The van der Waals surface area contributed by atoms with Crippen LogP contribution >= 0.6 is 0 Å². The van der Waals surface area contributed by atoms with Crippen LogP contribution in [0.1, 0.15) is 284 Å². The molecule has 0 amide bonds. The molecule has 9 N–H and O–H groups in total. The number of para-hydroxylation sites is 7. The van der Waals surface area contributed by atoms with Crippen LogP contribution in [0.15, 0.2) is 340 Å². The number of ether oxygens (including phenoxy) is 7. The summed E-state index contributed by atoms with van der Waals surface area (Å²) in [6, 6.07) is 105. The number of Topliss-reactive ketones (excluding diaryl/α,β-unsaturated/α-hetero) is 2. The molecule has 1 aliphatic carbocycles. The molecule has 15 rings (SSSR count). The van der Waals surface area contributed by atoms with E-state index in [1.165, 1.54) is 51.1 Å². The highest BCUT2D eigenvalue weighted by molar-refractivity contribution is 6.00. The van der Waals surface area contributed by atoms with Gasteiger partial charge in [-0.3, -0.25) is 9.59 Å². The van der Waals surface area contributed by atoms with Crippen LogP contribution in [0.3, 0.4) is 0 Å². The van der Waals surface area contributed by atoms with E-state index >= 15 is 0 Å². The standard InChI is InChI=1S/C21H26O2.C19H24O3.C19H22O3.C19H24O2.C18H22O3.C18H20O3.C18H22O2/c1-4-20(2,3)16-9-11-17(12-10-16)23-15-21(13-14-21)18-7-5-6-8-19(18)22;2*1-4-19(2,3)14-9-11-15(12-10-14)22-13-18(21)16-7-5-6-8-17(16)20;1-4-19(2,3)16-9-11-17(12-10-16)21-14-13-15-7-5-6-8-18(15)20;2*1-18(2,3)13-8-10-14(11-9-13)21-12-17(20)15-6-4-5-7-16(15)19;1-18(2,3)15-8-10-16(11-9-15)20-13-12-14-6-4-5-7-17(14)19/h5-12,22H,4,13-15H2,1-3H3;5-12,18,20-21H,4,13H2,1-3H3;5-12,20H,4,13H2,1-3H3;5-12,20H,4,13-14H2,1-3H3;4-11,17,19-20H,12H2,1-3H3;4-11,19H,12H2,1-3H3;4-11,19H,12-13H2,1-3H3. The number of benzene rings is 14. The van der Waals surface area contributed by atoms with Crippen LogP contribution in [0, 0.1) is 0 Å². The van der Waals surface area contributed by atoms with Gasteiger partial charge in [0.1, 0.15) is 106 Å². The zero-order chi connectivity index (χ0) is 110. The van der Waals surface area contributed by atoms with Crippen LogP contribution in [0.4, 0.5) is 0 Å². The topological polar surface area (TPSA) is 281 Å². The van der Waals surface area contributed by atoms with E-state index in [-0.39, 0.29) is 115 Å². The highest BCUT2D eigenvalue weighted by atomic mass is 16.5. The summed E-state index contributed by atoms with van der Waals surface area (Å²) in [6.45, 7) is 47.9. The third-order valence-corrected chi connectivity index (χ3v) is 27.9. The quantitative estimate of drug-likeness (QED) is 0.0165. The van der Waals surface area contributed by atoms with Crippen molar-refractivity contribution in [3.8, 4) is 80.5 Å². The number of aromatic hydroxyl groups is 7. The number of aliphatic hydroxyl groups excluding tert-OH is 2. The summed E-state index contributed by atoms with van der Waals surface area (Å²) < 4.78 is 39.7. The van der Waals surface area contributed by atoms with E-state index < -0.39 is 12.2 Å². The second kappa shape index (κ2) is 55.7. The average molecular weight is 2030 g/mol. The van der Waals surface area contributed by atoms with Crippen molar-refractivity contribution >= 4 is 11.6 Å². The molecule has 0 aliphatic heterocycles. The van der Waals surface area contributed by atoms with E-state index in [0.29, 0.717) is 84.0 Å². The number of hydrogen-bond donors (Lipinski definition) is 9. The Labute approximate surface area is 891 Å². The number of hydrogen-bond acceptors (Lipinski definition) is 18. The molecule has 2 atom stereocenters. The van der Waals surface area contributed by atoms with E-state index in [4.69, 9.17) is 33.2 Å². The number of rotatable bonds is 36. The van der Waals surface area contributed by atoms with Gasteiger partial charge < -0.3 is 79.1 Å². The van der Waals surface area contributed by atoms with E-state index in [2.05, 4.69) is 206 Å². The first-order chi connectivity index (χ1) is 71.1. The Kier molecular flexibility index (Phi) is 44.2. The molecule has 14 aromatic rings. The number of phenolic OH excluding ortho intramolecular Hbond substituents is 7. The third-order valence-electron chi connectivity index (χ3n) is 27.9. The first kappa shape index (κ1) is 119. The summed E-state index contributed by atoms with van der Waals surface area (Å²) >= 11 is 0. The van der Waals surface area contributed by atoms with Crippen LogP contribution in [0.25, 0.3) is 0 Å². The second-order valence-corrected chi connectivity index (χ2v) is 43.6. The number of aliphatic hydroxyl groups is 2. The van der Waals surface area contributed by atoms with Crippen molar-refractivity contribution in [2.75, 3.05) is 46.2 Å². The molecule has 0 aromatic heterocycles. The fourth-order valence-electron chi connectivity index (χ4n) is 15.7. The Morgan fingerprint density at radius 2 is 0.493 bits per heavy atom. The highest BCUT2D eigenvalue weighted by Gasteiger charge is 2.47. The van der Waals surface area contributed by atoms with Crippen LogP contribution < -0.4 is 33.2 Å². The van der Waals surface area contributed by atoms with Crippen molar-refractivity contribution in [2.24, 2.45) is 0 Å². The molecule has 0 radical (unpaired) electrons. The maximum Gasteiger partial charge on any atom is 0.203 e. The third kappa shape index (κ3) is 37.1. The Hall–Kier alpha value is -14.5. The normalized spacial score (nSPS) is 12.5. The van der Waals surface area contributed by atoms with Gasteiger partial charge >= 0.3 is 0 Å². The van der Waals surface area contributed by atoms with E-state index in [1.54, 1.807) is 103 Å². The zero-order valence-corrected chi connectivity index (χ0v) is 91.8. The van der Waals surface area contributed by atoms with Gasteiger partial charge in [0.05, 0.1) is 30.9 Å². The summed E-state index contributed by atoms with van der Waals surface area (Å²) in [5, 5.41) is 88.3. The fraction of sp³-hybridized carbons (Fsp3) is 0.348. The largest absolute Gasteiger partial charge is 0.508 e. The van der Waals surface area contributed by atoms with Gasteiger partial charge in [0, 0.05) is 34.9 Å². The Bertz CT molecular complexity index is 6440. The average Bonchev–Trinajstić information content (AvgIpc) is 1.61. The summed E-state index contributed by atoms with van der Waals surface area (Å²) in [5.41, 5.74) is 14.3. The lowest BCUT2D eigenvalue weighted by atomic mass is 9.82. The SMILES string of the molecule is CC(C)(C)c1ccc(OCC(=O)c2ccccc2O)cc1.CC(C)(C)c1ccc(OCC(O)c2ccccc2O)cc1.CC(C)(C)c1ccc(OCCc2ccccc2O)cc1.CCC(C)(C)c1ccc(OCC(=O)c2ccccc2O)cc1.CCC(C)(C)c1ccc(OCC(O)c2ccccc2O)cc1.CCC(C)(C)c1ccc(OCC2(c3ccccc3O)CC2)cc1.CCC(C)(C)c1ccc(OCCc2ccccc2O)cc1. The molecule has 0 bridgehead atoms. The first-order valence-electron chi connectivity index (χ1n) is 52.1. The molecule has 0 heterocycles. The summed E-state index contributed by atoms with van der Waals surface area (Å²) in [5.74, 6) is 6.06. The monoisotopic (exact) mass is 2030 g/mol. The van der Waals surface area contributed by atoms with Crippen molar-refractivity contribution in [1.82, 2.24) is 0 Å². The molecule has 2 unspecified atom stereocenters. The molecule has 18 nitrogen and oxygen atoms in total. The second-order valence-electron chi connectivity index (χ2n) is 43.6. The lowest BCUT2D eigenvalue weighted by molar-refractivity contribution is 0.0912. The lowest BCUT2D eigenvalue weighted by Gasteiger charge is -2.23. The van der Waals surface area contributed by atoms with Crippen molar-refractivity contribution in [3.63, 3.8) is 0 Å². The number of carbonyl (C=O) groups is 2. The van der Waals surface area contributed by atoms with Gasteiger partial charge in [0.15, 0.2) is 13.2 Å². The van der Waals surface area contributed by atoms with Crippen molar-refractivity contribution in [2.45, 2.75) is 252 Å².